The van der Waals surface area contributed by atoms with Crippen LogP contribution in [0.25, 0.3) is 11.3 Å². The second-order valence-electron chi connectivity index (χ2n) is 6.49. The molecule has 1 aliphatic rings. The van der Waals surface area contributed by atoms with Crippen LogP contribution in [-0.2, 0) is 10.0 Å². The molecule has 29 heavy (non-hydrogen) atoms. The van der Waals surface area contributed by atoms with Crippen LogP contribution < -0.4 is 4.90 Å². The highest BCUT2D eigenvalue weighted by atomic mass is 35.5. The first kappa shape index (κ1) is 20.0. The standard InChI is InChI=1S/C19H17Cl2N5O2S/c20-16-4-3-15(12-17(16)21)29(27,28)26-10-8-25(9-11-26)19-6-5-18(23-24-19)14-2-1-7-22-13-14/h1-7,12-13H,8-11H2. The lowest BCUT2D eigenvalue weighted by molar-refractivity contribution is 0.383. The largest absolute Gasteiger partial charge is 0.352 e. The number of hydrogen-bond acceptors (Lipinski definition) is 6. The molecule has 2 aromatic heterocycles. The normalized spacial score (nSPS) is 15.4. The average Bonchev–Trinajstić information content (AvgIpc) is 2.76. The number of aromatic nitrogens is 3. The Bertz CT molecular complexity index is 1100. The molecule has 0 atom stereocenters. The lowest BCUT2D eigenvalue weighted by Crippen LogP contribution is -2.49. The first-order valence-electron chi connectivity index (χ1n) is 8.89. The van der Waals surface area contributed by atoms with E-state index >= 15 is 0 Å². The quantitative estimate of drug-likeness (QED) is 0.607. The molecule has 0 spiro atoms. The number of rotatable bonds is 4. The van der Waals surface area contributed by atoms with Gasteiger partial charge in [-0.25, -0.2) is 8.42 Å². The lowest BCUT2D eigenvalue weighted by Gasteiger charge is -2.34. The fourth-order valence-corrected chi connectivity index (χ4v) is 4.92. The second-order valence-corrected chi connectivity index (χ2v) is 9.24. The van der Waals surface area contributed by atoms with E-state index < -0.39 is 10.0 Å². The highest BCUT2D eigenvalue weighted by molar-refractivity contribution is 7.89. The van der Waals surface area contributed by atoms with Gasteiger partial charge in [0.1, 0.15) is 0 Å². The van der Waals surface area contributed by atoms with Crippen LogP contribution in [0.2, 0.25) is 10.0 Å². The van der Waals surface area contributed by atoms with Crippen LogP contribution in [0.1, 0.15) is 0 Å². The van der Waals surface area contributed by atoms with Gasteiger partial charge in [0.05, 0.1) is 20.6 Å². The van der Waals surface area contributed by atoms with Gasteiger partial charge < -0.3 is 4.90 Å². The van der Waals surface area contributed by atoms with E-state index in [1.807, 2.05) is 29.2 Å². The molecule has 1 fully saturated rings. The minimum atomic E-state index is -3.63. The predicted molar refractivity (Wildman–Crippen MR) is 113 cm³/mol. The van der Waals surface area contributed by atoms with Crippen molar-refractivity contribution in [1.29, 1.82) is 0 Å². The molecule has 0 N–H and O–H groups in total. The fourth-order valence-electron chi connectivity index (χ4n) is 3.11. The number of pyridine rings is 1. The van der Waals surface area contributed by atoms with Crippen LogP contribution in [0.5, 0.6) is 0 Å². The third-order valence-electron chi connectivity index (χ3n) is 4.70. The Morgan fingerprint density at radius 2 is 1.69 bits per heavy atom. The summed E-state index contributed by atoms with van der Waals surface area (Å²) in [5, 5.41) is 9.10. The van der Waals surface area contributed by atoms with Crippen LogP contribution in [0.4, 0.5) is 5.82 Å². The lowest BCUT2D eigenvalue weighted by atomic mass is 10.2. The molecule has 0 saturated carbocycles. The van der Waals surface area contributed by atoms with E-state index in [0.29, 0.717) is 37.0 Å². The molecule has 0 aliphatic carbocycles. The van der Waals surface area contributed by atoms with Crippen LogP contribution in [-0.4, -0.2) is 54.1 Å². The molecule has 3 aromatic rings. The number of halogens is 2. The van der Waals surface area contributed by atoms with Gasteiger partial charge in [-0.05, 0) is 42.5 Å². The van der Waals surface area contributed by atoms with Gasteiger partial charge in [-0.2, -0.15) is 4.31 Å². The molecule has 4 rings (SSSR count). The Morgan fingerprint density at radius 3 is 2.31 bits per heavy atom. The number of anilines is 1. The van der Waals surface area contributed by atoms with Crippen LogP contribution in [0.15, 0.2) is 59.8 Å². The van der Waals surface area contributed by atoms with E-state index in [1.165, 1.54) is 22.5 Å². The van der Waals surface area contributed by atoms with Crippen molar-refractivity contribution in [2.75, 3.05) is 31.1 Å². The maximum atomic E-state index is 12.9. The average molecular weight is 450 g/mol. The van der Waals surface area contributed by atoms with Crippen molar-refractivity contribution < 1.29 is 8.42 Å². The molecule has 1 saturated heterocycles. The molecule has 0 radical (unpaired) electrons. The Balaban J connectivity index is 1.44. The van der Waals surface area contributed by atoms with Gasteiger partial charge in [0.2, 0.25) is 10.0 Å². The monoisotopic (exact) mass is 449 g/mol. The van der Waals surface area contributed by atoms with Crippen molar-refractivity contribution in [3.63, 3.8) is 0 Å². The molecule has 1 aliphatic heterocycles. The molecule has 150 valence electrons. The molecule has 0 unspecified atom stereocenters. The first-order chi connectivity index (χ1) is 13.9. The van der Waals surface area contributed by atoms with E-state index in [0.717, 1.165) is 11.3 Å². The summed E-state index contributed by atoms with van der Waals surface area (Å²) in [7, 11) is -3.63. The third kappa shape index (κ3) is 4.20. The summed E-state index contributed by atoms with van der Waals surface area (Å²) in [5.74, 6) is 0.712. The van der Waals surface area contributed by atoms with Crippen molar-refractivity contribution in [2.24, 2.45) is 0 Å². The van der Waals surface area contributed by atoms with Gasteiger partial charge in [0.25, 0.3) is 0 Å². The minimum absolute atomic E-state index is 0.140. The van der Waals surface area contributed by atoms with Gasteiger partial charge in [-0.3, -0.25) is 4.98 Å². The summed E-state index contributed by atoms with van der Waals surface area (Å²) in [4.78, 5) is 6.24. The maximum Gasteiger partial charge on any atom is 0.243 e. The number of nitrogens with zero attached hydrogens (tertiary/aromatic N) is 5. The maximum absolute atomic E-state index is 12.9. The van der Waals surface area contributed by atoms with Gasteiger partial charge in [0.15, 0.2) is 5.82 Å². The molecular formula is C19H17Cl2N5O2S. The zero-order valence-corrected chi connectivity index (χ0v) is 17.6. The second kappa shape index (κ2) is 8.23. The first-order valence-corrected chi connectivity index (χ1v) is 11.1. The summed E-state index contributed by atoms with van der Waals surface area (Å²) < 4.78 is 27.2. The summed E-state index contributed by atoms with van der Waals surface area (Å²) in [6.07, 6.45) is 3.44. The third-order valence-corrected chi connectivity index (χ3v) is 7.33. The molecule has 10 heteroatoms. The van der Waals surface area contributed by atoms with E-state index in [-0.39, 0.29) is 9.92 Å². The Hall–Kier alpha value is -2.26. The highest BCUT2D eigenvalue weighted by Gasteiger charge is 2.29. The van der Waals surface area contributed by atoms with Crippen molar-refractivity contribution >= 4 is 39.0 Å². The SMILES string of the molecule is O=S(=O)(c1ccc(Cl)c(Cl)c1)N1CCN(c2ccc(-c3cccnc3)nn2)CC1. The van der Waals surface area contributed by atoms with Gasteiger partial charge in [0, 0.05) is 44.1 Å². The fraction of sp³-hybridized carbons (Fsp3) is 0.211. The summed E-state index contributed by atoms with van der Waals surface area (Å²) in [6.45, 7) is 1.71. The van der Waals surface area contributed by atoms with E-state index in [9.17, 15) is 8.42 Å². The zero-order valence-electron chi connectivity index (χ0n) is 15.2. The Kier molecular flexibility index (Phi) is 5.69. The Labute approximate surface area is 179 Å². The van der Waals surface area contributed by atoms with Gasteiger partial charge in [-0.15, -0.1) is 10.2 Å². The molecule has 3 heterocycles. The highest BCUT2D eigenvalue weighted by Crippen LogP contribution is 2.27. The van der Waals surface area contributed by atoms with E-state index in [4.69, 9.17) is 23.2 Å². The summed E-state index contributed by atoms with van der Waals surface area (Å²) in [5.41, 5.74) is 1.63. The van der Waals surface area contributed by atoms with Gasteiger partial charge >= 0.3 is 0 Å². The molecule has 7 nitrogen and oxygen atoms in total. The van der Waals surface area contributed by atoms with Crippen LogP contribution in [0.3, 0.4) is 0 Å². The van der Waals surface area contributed by atoms with Crippen molar-refractivity contribution in [3.8, 4) is 11.3 Å². The molecule has 0 amide bonds. The van der Waals surface area contributed by atoms with Crippen LogP contribution in [0, 0.1) is 0 Å². The molecule has 1 aromatic carbocycles. The molecule has 0 bridgehead atoms. The van der Waals surface area contributed by atoms with Crippen molar-refractivity contribution in [1.82, 2.24) is 19.5 Å². The number of sulfonamides is 1. The Morgan fingerprint density at radius 1 is 0.897 bits per heavy atom. The van der Waals surface area contributed by atoms with E-state index in [2.05, 4.69) is 15.2 Å². The number of hydrogen-bond donors (Lipinski definition) is 0. The minimum Gasteiger partial charge on any atom is -0.352 e. The molecular weight excluding hydrogens is 433 g/mol. The van der Waals surface area contributed by atoms with Gasteiger partial charge in [-0.1, -0.05) is 23.2 Å². The predicted octanol–water partition coefficient (Wildman–Crippen LogP) is 3.36. The van der Waals surface area contributed by atoms with Crippen molar-refractivity contribution in [3.05, 3.63) is 64.9 Å². The topological polar surface area (TPSA) is 79.3 Å². The number of piperazine rings is 1. The number of benzene rings is 1. The smallest absolute Gasteiger partial charge is 0.243 e. The van der Waals surface area contributed by atoms with Crippen LogP contribution >= 0.6 is 23.2 Å². The summed E-state index contributed by atoms with van der Waals surface area (Å²) >= 11 is 11.9. The summed E-state index contributed by atoms with van der Waals surface area (Å²) in [6, 6.07) is 11.9. The van der Waals surface area contributed by atoms with E-state index in [1.54, 1.807) is 12.4 Å². The zero-order chi connectivity index (χ0) is 20.4. The van der Waals surface area contributed by atoms with Crippen molar-refractivity contribution in [2.45, 2.75) is 4.90 Å².